The summed E-state index contributed by atoms with van der Waals surface area (Å²) in [6.45, 7) is 12.3. The average Bonchev–Trinajstić information content (AvgIpc) is 2.50. The van der Waals surface area contributed by atoms with E-state index in [1.807, 2.05) is 6.92 Å². The molecule has 2 nitrogen and oxygen atoms in total. The van der Waals surface area contributed by atoms with Crippen molar-refractivity contribution >= 4 is 11.5 Å². The lowest BCUT2D eigenvalue weighted by molar-refractivity contribution is 0.0696. The van der Waals surface area contributed by atoms with Crippen molar-refractivity contribution in [1.82, 2.24) is 0 Å². The van der Waals surface area contributed by atoms with Crippen LogP contribution in [0.2, 0.25) is 0 Å². The first-order valence-corrected chi connectivity index (χ1v) is 8.26. The van der Waals surface area contributed by atoms with Crippen LogP contribution in [-0.2, 0) is 0 Å². The molecule has 2 rings (SSSR count). The van der Waals surface area contributed by atoms with Crippen LogP contribution in [0.3, 0.4) is 0 Å². The Balaban J connectivity index is 2.73. The quantitative estimate of drug-likeness (QED) is 0.687. The topological polar surface area (TPSA) is 37.3 Å². The lowest BCUT2D eigenvalue weighted by Crippen LogP contribution is -2.22. The van der Waals surface area contributed by atoms with Crippen LogP contribution in [0.4, 0.5) is 4.39 Å². The second-order valence-electron chi connectivity index (χ2n) is 7.15. The highest BCUT2D eigenvalue weighted by Crippen LogP contribution is 2.48. The van der Waals surface area contributed by atoms with Crippen LogP contribution in [0.5, 0.6) is 0 Å². The number of carboxylic acid groups (broad SMARTS) is 1. The Morgan fingerprint density at radius 1 is 1.38 bits per heavy atom. The molecule has 128 valence electrons. The second kappa shape index (κ2) is 6.76. The van der Waals surface area contributed by atoms with Gasteiger partial charge in [0.25, 0.3) is 0 Å². The maximum Gasteiger partial charge on any atom is 0.335 e. The molecule has 1 aromatic carbocycles. The fraction of sp³-hybridized carbons (Fsp3) is 0.381. The van der Waals surface area contributed by atoms with E-state index < -0.39 is 11.8 Å². The maximum absolute atomic E-state index is 14.7. The van der Waals surface area contributed by atoms with E-state index in [2.05, 4.69) is 27.4 Å². The Bertz CT molecular complexity index is 751. The highest BCUT2D eigenvalue weighted by Gasteiger charge is 2.32. The molecule has 1 N–H and O–H groups in total. The van der Waals surface area contributed by atoms with Crippen molar-refractivity contribution in [2.45, 2.75) is 47.0 Å². The summed E-state index contributed by atoms with van der Waals surface area (Å²) in [5.41, 5.74) is 4.53. The Morgan fingerprint density at radius 2 is 2.04 bits per heavy atom. The molecule has 0 saturated carbocycles. The minimum absolute atomic E-state index is 0.0412. The predicted molar refractivity (Wildman–Crippen MR) is 96.5 cm³/mol. The monoisotopic (exact) mass is 328 g/mol. The zero-order valence-electron chi connectivity index (χ0n) is 14.9. The van der Waals surface area contributed by atoms with Crippen molar-refractivity contribution in [1.29, 1.82) is 0 Å². The minimum Gasteiger partial charge on any atom is -0.478 e. The van der Waals surface area contributed by atoms with Gasteiger partial charge in [-0.3, -0.25) is 0 Å². The highest BCUT2D eigenvalue weighted by atomic mass is 19.1. The summed E-state index contributed by atoms with van der Waals surface area (Å²) in [6, 6.07) is 4.13. The minimum atomic E-state index is -1.13. The first kappa shape index (κ1) is 18.2. The van der Waals surface area contributed by atoms with E-state index in [1.54, 1.807) is 12.1 Å². The molecule has 0 fully saturated rings. The van der Waals surface area contributed by atoms with E-state index in [4.69, 9.17) is 5.11 Å². The Labute approximate surface area is 143 Å². The number of benzene rings is 1. The Morgan fingerprint density at radius 3 is 2.54 bits per heavy atom. The lowest BCUT2D eigenvalue weighted by atomic mass is 9.68. The van der Waals surface area contributed by atoms with E-state index in [-0.39, 0.29) is 11.0 Å². The van der Waals surface area contributed by atoms with Gasteiger partial charge in [0.2, 0.25) is 0 Å². The number of rotatable bonds is 4. The van der Waals surface area contributed by atoms with Gasteiger partial charge in [-0.2, -0.15) is 0 Å². The third-order valence-electron chi connectivity index (χ3n) is 4.89. The largest absolute Gasteiger partial charge is 0.478 e. The van der Waals surface area contributed by atoms with Crippen LogP contribution >= 0.6 is 0 Å². The van der Waals surface area contributed by atoms with Crippen molar-refractivity contribution in [2.75, 3.05) is 0 Å². The molecule has 1 aromatic rings. The number of halogens is 1. The van der Waals surface area contributed by atoms with Crippen LogP contribution < -0.4 is 0 Å². The smallest absolute Gasteiger partial charge is 0.335 e. The predicted octanol–water partition coefficient (Wildman–Crippen LogP) is 6.01. The third kappa shape index (κ3) is 3.35. The molecular weight excluding hydrogens is 303 g/mol. The van der Waals surface area contributed by atoms with Crippen LogP contribution in [0.15, 0.2) is 47.6 Å². The van der Waals surface area contributed by atoms with Crippen molar-refractivity contribution in [2.24, 2.45) is 5.41 Å². The maximum atomic E-state index is 14.7. The van der Waals surface area contributed by atoms with Crippen LogP contribution in [-0.4, -0.2) is 11.1 Å². The zero-order chi connectivity index (χ0) is 18.1. The number of allylic oxidation sites excluding steroid dienone is 5. The molecule has 0 bridgehead atoms. The van der Waals surface area contributed by atoms with Gasteiger partial charge >= 0.3 is 5.97 Å². The fourth-order valence-corrected chi connectivity index (χ4v) is 3.67. The average molecular weight is 328 g/mol. The van der Waals surface area contributed by atoms with Gasteiger partial charge < -0.3 is 5.11 Å². The van der Waals surface area contributed by atoms with Crippen LogP contribution in [0.25, 0.3) is 5.57 Å². The molecule has 0 radical (unpaired) electrons. The standard InChI is InChI=1S/C21H25FO2/c1-6-13(2)18(19-14(3)8-7-11-21(19,4)5)16-10-9-15(20(23)24)12-17(16)22/h6,9-10,12H,1,7-8,11H2,2-5H3,(H,23,24)/b18-13-. The van der Waals surface area contributed by atoms with Crippen molar-refractivity contribution in [3.8, 4) is 0 Å². The highest BCUT2D eigenvalue weighted by molar-refractivity contribution is 5.90. The molecular formula is C21H25FO2. The van der Waals surface area contributed by atoms with E-state index >= 15 is 0 Å². The molecule has 3 heteroatoms. The summed E-state index contributed by atoms with van der Waals surface area (Å²) < 4.78 is 14.7. The third-order valence-corrected chi connectivity index (χ3v) is 4.89. The SMILES string of the molecule is C=C/C(C)=C(\C1=C(C)CCCC1(C)C)c1ccc(C(=O)O)cc1F. The molecule has 0 atom stereocenters. The second-order valence-corrected chi connectivity index (χ2v) is 7.15. The molecule has 0 heterocycles. The molecule has 0 unspecified atom stereocenters. The molecule has 0 aliphatic heterocycles. The summed E-state index contributed by atoms with van der Waals surface area (Å²) in [7, 11) is 0. The van der Waals surface area contributed by atoms with Crippen LogP contribution in [0.1, 0.15) is 62.9 Å². The van der Waals surface area contributed by atoms with Gasteiger partial charge in [-0.1, -0.05) is 38.1 Å². The van der Waals surface area contributed by atoms with Gasteiger partial charge in [0.05, 0.1) is 5.56 Å². The molecule has 24 heavy (non-hydrogen) atoms. The summed E-state index contributed by atoms with van der Waals surface area (Å²) in [5.74, 6) is -1.63. The Kier molecular flexibility index (Phi) is 5.12. The number of carboxylic acids is 1. The first-order valence-electron chi connectivity index (χ1n) is 8.26. The van der Waals surface area contributed by atoms with Gasteiger partial charge in [0.1, 0.15) is 5.82 Å². The van der Waals surface area contributed by atoms with Crippen LogP contribution in [0, 0.1) is 11.2 Å². The van der Waals surface area contributed by atoms with Crippen molar-refractivity contribution in [3.05, 3.63) is 64.5 Å². The summed E-state index contributed by atoms with van der Waals surface area (Å²) in [5, 5.41) is 9.06. The molecule has 0 aromatic heterocycles. The first-order chi connectivity index (χ1) is 11.2. The molecule has 1 aliphatic carbocycles. The van der Waals surface area contributed by atoms with Crippen molar-refractivity contribution in [3.63, 3.8) is 0 Å². The van der Waals surface area contributed by atoms with E-state index in [0.29, 0.717) is 5.56 Å². The van der Waals surface area contributed by atoms with E-state index in [1.165, 1.54) is 11.6 Å². The van der Waals surface area contributed by atoms with Gasteiger partial charge in [-0.25, -0.2) is 9.18 Å². The molecule has 0 spiro atoms. The summed E-state index contributed by atoms with van der Waals surface area (Å²) in [4.78, 5) is 11.1. The number of carbonyl (C=O) groups is 1. The Hall–Kier alpha value is -2.16. The summed E-state index contributed by atoms with van der Waals surface area (Å²) in [6.07, 6.45) is 4.91. The van der Waals surface area contributed by atoms with Gasteiger partial charge in [0.15, 0.2) is 0 Å². The van der Waals surface area contributed by atoms with Gasteiger partial charge in [-0.05, 0) is 67.4 Å². The van der Waals surface area contributed by atoms with Gasteiger partial charge in [-0.15, -0.1) is 0 Å². The van der Waals surface area contributed by atoms with E-state index in [9.17, 15) is 9.18 Å². The van der Waals surface area contributed by atoms with Crippen molar-refractivity contribution < 1.29 is 14.3 Å². The normalized spacial score (nSPS) is 18.2. The number of aromatic carboxylic acids is 1. The van der Waals surface area contributed by atoms with Gasteiger partial charge in [0, 0.05) is 5.56 Å². The number of hydrogen-bond donors (Lipinski definition) is 1. The molecule has 1 aliphatic rings. The lowest BCUT2D eigenvalue weighted by Gasteiger charge is -2.37. The fourth-order valence-electron chi connectivity index (χ4n) is 3.67. The zero-order valence-corrected chi connectivity index (χ0v) is 14.9. The molecule has 0 amide bonds. The number of hydrogen-bond acceptors (Lipinski definition) is 1. The summed E-state index contributed by atoms with van der Waals surface area (Å²) >= 11 is 0. The van der Waals surface area contributed by atoms with E-state index in [0.717, 1.165) is 42.0 Å². The molecule has 0 saturated heterocycles.